The Bertz CT molecular complexity index is 821. The second-order valence-electron chi connectivity index (χ2n) is 5.40. The van der Waals surface area contributed by atoms with Crippen LogP contribution in [0.15, 0.2) is 47.4 Å². The van der Waals surface area contributed by atoms with Gasteiger partial charge < -0.3 is 9.47 Å². The largest absolute Gasteiger partial charge is 0.494 e. The molecule has 0 bridgehead atoms. The molecule has 2 aromatic rings. The van der Waals surface area contributed by atoms with Crippen LogP contribution in [0.25, 0.3) is 0 Å². The van der Waals surface area contributed by atoms with Crippen molar-refractivity contribution in [1.29, 1.82) is 0 Å². The van der Waals surface area contributed by atoms with E-state index in [9.17, 15) is 8.42 Å². The molecular formula is C17H18ClNO4S. The Morgan fingerprint density at radius 2 is 2.00 bits per heavy atom. The molecule has 7 heteroatoms. The highest BCUT2D eigenvalue weighted by atomic mass is 35.5. The van der Waals surface area contributed by atoms with Gasteiger partial charge in [0.25, 0.3) is 0 Å². The summed E-state index contributed by atoms with van der Waals surface area (Å²) in [6.45, 7) is 2.91. The van der Waals surface area contributed by atoms with Crippen LogP contribution in [0.1, 0.15) is 24.9 Å². The van der Waals surface area contributed by atoms with Gasteiger partial charge >= 0.3 is 0 Å². The van der Waals surface area contributed by atoms with Crippen molar-refractivity contribution in [3.63, 3.8) is 0 Å². The van der Waals surface area contributed by atoms with Crippen molar-refractivity contribution in [2.24, 2.45) is 0 Å². The van der Waals surface area contributed by atoms with E-state index in [1.807, 2.05) is 19.1 Å². The summed E-state index contributed by atoms with van der Waals surface area (Å²) in [4.78, 5) is 0.186. The third-order valence-electron chi connectivity index (χ3n) is 3.76. The van der Waals surface area contributed by atoms with E-state index in [-0.39, 0.29) is 10.9 Å². The van der Waals surface area contributed by atoms with Crippen molar-refractivity contribution < 1.29 is 17.9 Å². The number of fused-ring (bicyclic) bond motifs is 1. The smallest absolute Gasteiger partial charge is 0.241 e. The van der Waals surface area contributed by atoms with Crippen LogP contribution in [-0.4, -0.2) is 21.6 Å². The van der Waals surface area contributed by atoms with Crippen LogP contribution in [0.3, 0.4) is 0 Å². The fourth-order valence-corrected chi connectivity index (χ4v) is 3.99. The second kappa shape index (κ2) is 7.01. The maximum atomic E-state index is 12.6. The van der Waals surface area contributed by atoms with Gasteiger partial charge in [-0.05, 0) is 37.3 Å². The van der Waals surface area contributed by atoms with E-state index in [1.165, 1.54) is 12.1 Å². The molecule has 0 aliphatic carbocycles. The zero-order valence-electron chi connectivity index (χ0n) is 13.2. The summed E-state index contributed by atoms with van der Waals surface area (Å²) in [5.74, 6) is 1.36. The number of benzene rings is 2. The molecule has 5 nitrogen and oxygen atoms in total. The van der Waals surface area contributed by atoms with Crippen molar-refractivity contribution in [1.82, 2.24) is 4.72 Å². The van der Waals surface area contributed by atoms with Crippen LogP contribution >= 0.6 is 11.6 Å². The lowest BCUT2D eigenvalue weighted by atomic mass is 10.0. The zero-order valence-corrected chi connectivity index (χ0v) is 14.7. The summed E-state index contributed by atoms with van der Waals surface area (Å²) in [6.07, 6.45) is 0.563. The summed E-state index contributed by atoms with van der Waals surface area (Å²) in [6, 6.07) is 11.2. The summed E-state index contributed by atoms with van der Waals surface area (Å²) in [5, 5.41) is 0.494. The van der Waals surface area contributed by atoms with E-state index in [0.717, 1.165) is 5.56 Å². The van der Waals surface area contributed by atoms with Gasteiger partial charge in [-0.2, -0.15) is 0 Å². The molecule has 128 valence electrons. The highest BCUT2D eigenvalue weighted by molar-refractivity contribution is 7.89. The standard InChI is InChI=1S/C17H18ClNO4S/c1-2-22-13-5-8-15-16(9-10-23-17(15)11-13)19-24(20,21)14-6-3-12(18)4-7-14/h3-8,11,16,19H,2,9-10H2,1H3. The predicted molar refractivity (Wildman–Crippen MR) is 92.2 cm³/mol. The molecule has 1 aliphatic heterocycles. The average molecular weight is 368 g/mol. The first-order valence-corrected chi connectivity index (χ1v) is 9.53. The highest BCUT2D eigenvalue weighted by Crippen LogP contribution is 2.35. The van der Waals surface area contributed by atoms with Crippen molar-refractivity contribution in [2.45, 2.75) is 24.3 Å². The van der Waals surface area contributed by atoms with Gasteiger partial charge in [-0.15, -0.1) is 0 Å². The minimum Gasteiger partial charge on any atom is -0.494 e. The number of sulfonamides is 1. The summed E-state index contributed by atoms with van der Waals surface area (Å²) in [5.41, 5.74) is 0.808. The molecule has 3 rings (SSSR count). The third-order valence-corrected chi connectivity index (χ3v) is 5.50. The maximum absolute atomic E-state index is 12.6. The number of hydrogen-bond acceptors (Lipinski definition) is 4. The third kappa shape index (κ3) is 3.66. The number of hydrogen-bond donors (Lipinski definition) is 1. The van der Waals surface area contributed by atoms with E-state index in [4.69, 9.17) is 21.1 Å². The van der Waals surface area contributed by atoms with E-state index < -0.39 is 10.0 Å². The molecule has 0 saturated carbocycles. The Morgan fingerprint density at radius 3 is 2.71 bits per heavy atom. The normalized spacial score (nSPS) is 17.0. The average Bonchev–Trinajstić information content (AvgIpc) is 2.55. The Hall–Kier alpha value is -1.76. The summed E-state index contributed by atoms with van der Waals surface area (Å²) in [7, 11) is -3.64. The molecule has 1 aliphatic rings. The van der Waals surface area contributed by atoms with Crippen molar-refractivity contribution in [3.05, 3.63) is 53.1 Å². The summed E-state index contributed by atoms with van der Waals surface area (Å²) >= 11 is 5.82. The molecule has 1 heterocycles. The van der Waals surface area contributed by atoms with Crippen LogP contribution in [0.4, 0.5) is 0 Å². The van der Waals surface area contributed by atoms with Crippen LogP contribution in [0, 0.1) is 0 Å². The van der Waals surface area contributed by atoms with Gasteiger partial charge in [-0.25, -0.2) is 13.1 Å². The first-order chi connectivity index (χ1) is 11.5. The lowest BCUT2D eigenvalue weighted by Gasteiger charge is -2.27. The van der Waals surface area contributed by atoms with Gasteiger partial charge in [-0.3, -0.25) is 0 Å². The summed E-state index contributed by atoms with van der Waals surface area (Å²) < 4.78 is 39.0. The Morgan fingerprint density at radius 1 is 1.25 bits per heavy atom. The first kappa shape index (κ1) is 17.1. The number of halogens is 1. The van der Waals surface area contributed by atoms with Gasteiger partial charge in [0.1, 0.15) is 11.5 Å². The van der Waals surface area contributed by atoms with Gasteiger partial charge in [0.15, 0.2) is 0 Å². The van der Waals surface area contributed by atoms with Gasteiger partial charge in [0.2, 0.25) is 10.0 Å². The van der Waals surface area contributed by atoms with Crippen LogP contribution in [-0.2, 0) is 10.0 Å². The number of ether oxygens (including phenoxy) is 2. The van der Waals surface area contributed by atoms with Crippen molar-refractivity contribution in [2.75, 3.05) is 13.2 Å². The predicted octanol–water partition coefficient (Wildman–Crippen LogP) is 3.54. The topological polar surface area (TPSA) is 64.6 Å². The molecule has 0 fully saturated rings. The minimum absolute atomic E-state index is 0.186. The van der Waals surface area contributed by atoms with Gasteiger partial charge in [0.05, 0.1) is 24.2 Å². The molecule has 0 radical (unpaired) electrons. The van der Waals surface area contributed by atoms with E-state index in [0.29, 0.717) is 36.2 Å². The fraction of sp³-hybridized carbons (Fsp3) is 0.294. The zero-order chi connectivity index (χ0) is 17.2. The van der Waals surface area contributed by atoms with Gasteiger partial charge in [0, 0.05) is 23.1 Å². The quantitative estimate of drug-likeness (QED) is 0.877. The Kier molecular flexibility index (Phi) is 4.99. The van der Waals surface area contributed by atoms with Crippen LogP contribution in [0.5, 0.6) is 11.5 Å². The molecule has 0 amide bonds. The number of rotatable bonds is 5. The van der Waals surface area contributed by atoms with E-state index in [1.54, 1.807) is 18.2 Å². The minimum atomic E-state index is -3.64. The van der Waals surface area contributed by atoms with Crippen molar-refractivity contribution in [3.8, 4) is 11.5 Å². The van der Waals surface area contributed by atoms with Crippen LogP contribution < -0.4 is 14.2 Å². The highest BCUT2D eigenvalue weighted by Gasteiger charge is 2.27. The molecule has 24 heavy (non-hydrogen) atoms. The van der Waals surface area contributed by atoms with Crippen molar-refractivity contribution >= 4 is 21.6 Å². The lowest BCUT2D eigenvalue weighted by Crippen LogP contribution is -2.32. The lowest BCUT2D eigenvalue weighted by molar-refractivity contribution is 0.260. The van der Waals surface area contributed by atoms with E-state index in [2.05, 4.69) is 4.72 Å². The molecule has 2 aromatic carbocycles. The Balaban J connectivity index is 1.85. The van der Waals surface area contributed by atoms with Gasteiger partial charge in [-0.1, -0.05) is 17.7 Å². The SMILES string of the molecule is CCOc1ccc2c(c1)OCCC2NS(=O)(=O)c1ccc(Cl)cc1. The Labute approximate surface area is 146 Å². The molecule has 1 atom stereocenters. The second-order valence-corrected chi connectivity index (χ2v) is 7.55. The monoisotopic (exact) mass is 367 g/mol. The number of nitrogens with one attached hydrogen (secondary N) is 1. The molecule has 0 saturated heterocycles. The molecular weight excluding hydrogens is 350 g/mol. The maximum Gasteiger partial charge on any atom is 0.241 e. The fourth-order valence-electron chi connectivity index (χ4n) is 2.62. The molecule has 1 N–H and O–H groups in total. The molecule has 0 aromatic heterocycles. The molecule has 0 spiro atoms. The van der Waals surface area contributed by atoms with Crippen LogP contribution in [0.2, 0.25) is 5.02 Å². The molecule has 1 unspecified atom stereocenters. The first-order valence-electron chi connectivity index (χ1n) is 7.67. The van der Waals surface area contributed by atoms with E-state index >= 15 is 0 Å².